The molecule has 0 radical (unpaired) electrons. The number of allylic oxidation sites excluding steroid dienone is 1. The molecule has 0 aromatic heterocycles. The van der Waals surface area contributed by atoms with Gasteiger partial charge in [-0.15, -0.1) is 0 Å². The highest BCUT2D eigenvalue weighted by atomic mass is 16.5. The smallest absolute Gasteiger partial charge is 0.337 e. The first-order chi connectivity index (χ1) is 10.7. The van der Waals surface area contributed by atoms with Crippen molar-refractivity contribution in [1.82, 2.24) is 0 Å². The maximum absolute atomic E-state index is 12.6. The first-order valence-electron chi connectivity index (χ1n) is 7.18. The quantitative estimate of drug-likeness (QED) is 0.640. The van der Waals surface area contributed by atoms with Crippen molar-refractivity contribution in [3.8, 4) is 0 Å². The summed E-state index contributed by atoms with van der Waals surface area (Å²) < 4.78 is 4.71. The van der Waals surface area contributed by atoms with Gasteiger partial charge in [-0.1, -0.05) is 42.5 Å². The van der Waals surface area contributed by atoms with Crippen molar-refractivity contribution in [3.63, 3.8) is 0 Å². The van der Waals surface area contributed by atoms with E-state index in [1.807, 2.05) is 30.3 Å². The molecule has 1 aliphatic rings. The topological polar surface area (TPSA) is 43.4 Å². The molecule has 22 heavy (non-hydrogen) atoms. The third-order valence-corrected chi connectivity index (χ3v) is 3.84. The lowest BCUT2D eigenvalue weighted by Crippen LogP contribution is -2.08. The van der Waals surface area contributed by atoms with Crippen molar-refractivity contribution in [2.45, 2.75) is 12.8 Å². The molecule has 3 rings (SSSR count). The number of benzene rings is 2. The number of rotatable bonds is 4. The maximum Gasteiger partial charge on any atom is 0.337 e. The fourth-order valence-electron chi connectivity index (χ4n) is 2.76. The van der Waals surface area contributed by atoms with E-state index in [0.717, 1.165) is 28.7 Å². The van der Waals surface area contributed by atoms with E-state index >= 15 is 0 Å². The number of ether oxygens (including phenoxy) is 1. The van der Waals surface area contributed by atoms with Crippen molar-refractivity contribution >= 4 is 17.8 Å². The Balaban J connectivity index is 1.84. The van der Waals surface area contributed by atoms with E-state index in [1.165, 1.54) is 7.11 Å². The Hall–Kier alpha value is -2.68. The molecule has 2 aromatic carbocycles. The molecule has 110 valence electrons. The number of ketones is 1. The summed E-state index contributed by atoms with van der Waals surface area (Å²) in [4.78, 5) is 24.1. The number of hydrogen-bond donors (Lipinski definition) is 0. The Morgan fingerprint density at radius 2 is 1.95 bits per heavy atom. The summed E-state index contributed by atoms with van der Waals surface area (Å²) in [5.74, 6) is -0.318. The van der Waals surface area contributed by atoms with Gasteiger partial charge in [0.1, 0.15) is 0 Å². The summed E-state index contributed by atoms with van der Waals surface area (Å²) >= 11 is 0. The molecule has 3 heteroatoms. The van der Waals surface area contributed by atoms with Crippen LogP contribution in [0.3, 0.4) is 0 Å². The highest BCUT2D eigenvalue weighted by Gasteiger charge is 2.16. The Kier molecular flexibility index (Phi) is 3.88. The van der Waals surface area contributed by atoms with Crippen LogP contribution in [0.1, 0.15) is 37.4 Å². The molecule has 0 aliphatic heterocycles. The lowest BCUT2D eigenvalue weighted by Gasteiger charge is -2.08. The Morgan fingerprint density at radius 3 is 2.77 bits per heavy atom. The molecule has 0 unspecified atom stereocenters. The van der Waals surface area contributed by atoms with Gasteiger partial charge in [-0.05, 0) is 35.2 Å². The Labute approximate surface area is 129 Å². The molecule has 0 saturated carbocycles. The van der Waals surface area contributed by atoms with E-state index in [2.05, 4.69) is 6.08 Å². The molecule has 3 nitrogen and oxygen atoms in total. The average Bonchev–Trinajstić information content (AvgIpc) is 3.02. The number of methoxy groups -OCH3 is 1. The number of carbonyl (C=O) groups is 2. The van der Waals surface area contributed by atoms with Gasteiger partial charge in [0.25, 0.3) is 0 Å². The summed E-state index contributed by atoms with van der Waals surface area (Å²) in [6.45, 7) is 0. The van der Waals surface area contributed by atoms with Crippen LogP contribution >= 0.6 is 0 Å². The zero-order valence-electron chi connectivity index (χ0n) is 12.3. The van der Waals surface area contributed by atoms with Gasteiger partial charge >= 0.3 is 5.97 Å². The maximum atomic E-state index is 12.6. The third kappa shape index (κ3) is 2.70. The highest BCUT2D eigenvalue weighted by molar-refractivity contribution is 6.00. The summed E-state index contributed by atoms with van der Waals surface area (Å²) in [7, 11) is 1.35. The number of Topliss-reactive ketones (excluding diaryl/α,β-unsaturated/α-hetero) is 1. The monoisotopic (exact) mass is 292 g/mol. The minimum atomic E-state index is -0.390. The summed E-state index contributed by atoms with van der Waals surface area (Å²) in [5, 5.41) is 0. The van der Waals surface area contributed by atoms with Gasteiger partial charge in [0, 0.05) is 12.0 Å². The molecule has 0 amide bonds. The molecule has 0 atom stereocenters. The Bertz CT molecular complexity index is 772. The predicted octanol–water partition coefficient (Wildman–Crippen LogP) is 3.47. The van der Waals surface area contributed by atoms with Crippen molar-refractivity contribution in [2.24, 2.45) is 0 Å². The molecule has 0 fully saturated rings. The molecule has 1 aliphatic carbocycles. The average molecular weight is 292 g/mol. The molecular weight excluding hydrogens is 276 g/mol. The number of esters is 1. The van der Waals surface area contributed by atoms with Crippen LogP contribution < -0.4 is 0 Å². The number of hydrogen-bond acceptors (Lipinski definition) is 3. The van der Waals surface area contributed by atoms with Crippen LogP contribution in [-0.2, 0) is 17.6 Å². The molecule has 0 saturated heterocycles. The predicted molar refractivity (Wildman–Crippen MR) is 85.0 cm³/mol. The second kappa shape index (κ2) is 5.98. The Morgan fingerprint density at radius 1 is 1.14 bits per heavy atom. The molecule has 2 aromatic rings. The standard InChI is InChI=1S/C19H16O3/c1-22-19(21)15-8-2-5-13(11-15)12-18(20)17-10-4-7-14-6-3-9-16(14)17/h2-8,10-11H,9,12H2,1H3. The van der Waals surface area contributed by atoms with E-state index < -0.39 is 0 Å². The molecule has 0 spiro atoms. The summed E-state index contributed by atoms with van der Waals surface area (Å²) in [6.07, 6.45) is 5.20. The van der Waals surface area contributed by atoms with E-state index in [-0.39, 0.29) is 18.2 Å². The van der Waals surface area contributed by atoms with Crippen molar-refractivity contribution in [1.29, 1.82) is 0 Å². The van der Waals surface area contributed by atoms with Crippen molar-refractivity contribution < 1.29 is 14.3 Å². The third-order valence-electron chi connectivity index (χ3n) is 3.84. The van der Waals surface area contributed by atoms with Gasteiger partial charge in [-0.2, -0.15) is 0 Å². The molecule has 0 heterocycles. The van der Waals surface area contributed by atoms with Crippen LogP contribution in [0.25, 0.3) is 6.08 Å². The van der Waals surface area contributed by atoms with E-state index in [4.69, 9.17) is 4.74 Å². The van der Waals surface area contributed by atoms with Gasteiger partial charge in [0.2, 0.25) is 0 Å². The highest BCUT2D eigenvalue weighted by Crippen LogP contribution is 2.24. The van der Waals surface area contributed by atoms with E-state index in [9.17, 15) is 9.59 Å². The van der Waals surface area contributed by atoms with Crippen LogP contribution in [0.15, 0.2) is 48.5 Å². The van der Waals surface area contributed by atoms with Gasteiger partial charge < -0.3 is 4.74 Å². The second-order valence-electron chi connectivity index (χ2n) is 5.27. The van der Waals surface area contributed by atoms with Gasteiger partial charge in [-0.3, -0.25) is 4.79 Å². The fourth-order valence-corrected chi connectivity index (χ4v) is 2.76. The van der Waals surface area contributed by atoms with Crippen LogP contribution in [0, 0.1) is 0 Å². The zero-order chi connectivity index (χ0) is 15.5. The van der Waals surface area contributed by atoms with E-state index in [0.29, 0.717) is 5.56 Å². The van der Waals surface area contributed by atoms with Crippen molar-refractivity contribution in [3.05, 3.63) is 76.4 Å². The SMILES string of the molecule is COC(=O)c1cccc(CC(=O)c2cccc3c2CC=C3)c1. The normalized spacial score (nSPS) is 12.0. The molecule has 0 N–H and O–H groups in total. The first-order valence-corrected chi connectivity index (χ1v) is 7.18. The first kappa shape index (κ1) is 14.3. The van der Waals surface area contributed by atoms with Crippen LogP contribution in [0.4, 0.5) is 0 Å². The number of carbonyl (C=O) groups excluding carboxylic acids is 2. The second-order valence-corrected chi connectivity index (χ2v) is 5.27. The van der Waals surface area contributed by atoms with Gasteiger partial charge in [0.05, 0.1) is 12.7 Å². The molecular formula is C19H16O3. The lowest BCUT2D eigenvalue weighted by atomic mass is 9.95. The number of fused-ring (bicyclic) bond motifs is 1. The van der Waals surface area contributed by atoms with Crippen LogP contribution in [-0.4, -0.2) is 18.9 Å². The summed E-state index contributed by atoms with van der Waals surface area (Å²) in [5.41, 5.74) is 4.26. The minimum Gasteiger partial charge on any atom is -0.465 e. The van der Waals surface area contributed by atoms with Gasteiger partial charge in [-0.25, -0.2) is 4.79 Å². The molecule has 0 bridgehead atoms. The van der Waals surface area contributed by atoms with Crippen molar-refractivity contribution in [2.75, 3.05) is 7.11 Å². The zero-order valence-corrected chi connectivity index (χ0v) is 12.3. The van der Waals surface area contributed by atoms with Crippen LogP contribution in [0.5, 0.6) is 0 Å². The van der Waals surface area contributed by atoms with Gasteiger partial charge in [0.15, 0.2) is 5.78 Å². The largest absolute Gasteiger partial charge is 0.465 e. The van der Waals surface area contributed by atoms with E-state index in [1.54, 1.807) is 18.2 Å². The van der Waals surface area contributed by atoms with Crippen LogP contribution in [0.2, 0.25) is 0 Å². The minimum absolute atomic E-state index is 0.0718. The summed E-state index contributed by atoms with van der Waals surface area (Å²) in [6, 6.07) is 12.8. The lowest BCUT2D eigenvalue weighted by molar-refractivity contribution is 0.0600. The fraction of sp³-hybridized carbons (Fsp3) is 0.158.